The van der Waals surface area contributed by atoms with Crippen LogP contribution in [0.2, 0.25) is 0 Å². The second kappa shape index (κ2) is 12.0. The first kappa shape index (κ1) is 27.4. The van der Waals surface area contributed by atoms with E-state index in [0.717, 1.165) is 33.4 Å². The molecule has 0 aliphatic heterocycles. The molecule has 1 N–H and O–H groups in total. The average Bonchev–Trinajstić information content (AvgIpc) is 3.06. The number of fused-ring (bicyclic) bond motifs is 2. The van der Waals surface area contributed by atoms with Gasteiger partial charge in [0.2, 0.25) is 0 Å². The fraction of sp³-hybridized carbons (Fsp3) is 0.0857. The van der Waals surface area contributed by atoms with Crippen LogP contribution >= 0.6 is 0 Å². The molecule has 0 aliphatic carbocycles. The summed E-state index contributed by atoms with van der Waals surface area (Å²) >= 11 is 0. The van der Waals surface area contributed by atoms with Crippen LogP contribution in [0.15, 0.2) is 109 Å². The highest BCUT2D eigenvalue weighted by molar-refractivity contribution is 5.99. The van der Waals surface area contributed by atoms with Crippen molar-refractivity contribution in [3.8, 4) is 34.0 Å². The number of carbonyl (C=O) groups excluding carboxylic acids is 2. The van der Waals surface area contributed by atoms with Gasteiger partial charge in [-0.2, -0.15) is 0 Å². The van der Waals surface area contributed by atoms with E-state index < -0.39 is 18.5 Å². The van der Waals surface area contributed by atoms with Crippen LogP contribution in [0.1, 0.15) is 10.4 Å². The molecule has 212 valence electrons. The van der Waals surface area contributed by atoms with Crippen molar-refractivity contribution in [2.45, 2.75) is 0 Å². The zero-order chi connectivity index (χ0) is 29.8. The molecule has 0 radical (unpaired) electrons. The number of ether oxygens (including phenoxy) is 3. The van der Waals surface area contributed by atoms with Gasteiger partial charge in [0, 0.05) is 16.8 Å². The quantitative estimate of drug-likeness (QED) is 0.198. The summed E-state index contributed by atoms with van der Waals surface area (Å²) in [6.07, 6.45) is 0. The number of rotatable bonds is 8. The van der Waals surface area contributed by atoms with Gasteiger partial charge in [0.1, 0.15) is 11.5 Å². The minimum Gasteiger partial charge on any atom is -0.497 e. The Labute approximate surface area is 247 Å². The van der Waals surface area contributed by atoms with Crippen LogP contribution in [-0.2, 0) is 9.53 Å². The smallest absolute Gasteiger partial charge is 0.338 e. The van der Waals surface area contributed by atoms with Gasteiger partial charge in [-0.1, -0.05) is 30.3 Å². The van der Waals surface area contributed by atoms with Crippen LogP contribution in [0.5, 0.6) is 11.5 Å². The van der Waals surface area contributed by atoms with Crippen molar-refractivity contribution in [1.29, 1.82) is 0 Å². The van der Waals surface area contributed by atoms with Gasteiger partial charge >= 0.3 is 5.97 Å². The molecule has 0 saturated heterocycles. The summed E-state index contributed by atoms with van der Waals surface area (Å²) in [5.74, 6) is 0.383. The first-order valence-electron chi connectivity index (χ1n) is 13.6. The summed E-state index contributed by atoms with van der Waals surface area (Å²) in [6, 6.07) is 33.5. The third-order valence-electron chi connectivity index (χ3n) is 6.99. The number of benzene rings is 5. The molecular formula is C35H27N3O5. The highest BCUT2D eigenvalue weighted by Crippen LogP contribution is 2.33. The van der Waals surface area contributed by atoms with Crippen molar-refractivity contribution in [2.24, 2.45) is 0 Å². The van der Waals surface area contributed by atoms with E-state index in [0.29, 0.717) is 28.1 Å². The first-order chi connectivity index (χ1) is 21.0. The fourth-order valence-electron chi connectivity index (χ4n) is 4.76. The second-order valence-electron chi connectivity index (χ2n) is 9.77. The predicted octanol–water partition coefficient (Wildman–Crippen LogP) is 6.93. The minimum absolute atomic E-state index is 0.262. The molecule has 8 nitrogen and oxygen atoms in total. The van der Waals surface area contributed by atoms with Crippen molar-refractivity contribution in [3.63, 3.8) is 0 Å². The molecule has 5 aromatic carbocycles. The highest BCUT2D eigenvalue weighted by atomic mass is 16.5. The molecule has 0 bridgehead atoms. The molecule has 6 rings (SSSR count). The maximum atomic E-state index is 12.9. The Morgan fingerprint density at radius 2 is 1.26 bits per heavy atom. The molecular weight excluding hydrogens is 542 g/mol. The van der Waals surface area contributed by atoms with E-state index in [9.17, 15) is 9.59 Å². The normalized spacial score (nSPS) is 10.8. The summed E-state index contributed by atoms with van der Waals surface area (Å²) in [5, 5.41) is 4.84. The van der Waals surface area contributed by atoms with Crippen molar-refractivity contribution in [1.82, 2.24) is 9.97 Å². The molecule has 1 heterocycles. The van der Waals surface area contributed by atoms with Gasteiger partial charge in [0.05, 0.1) is 42.2 Å². The monoisotopic (exact) mass is 569 g/mol. The number of hydrogen-bond acceptors (Lipinski definition) is 7. The Bertz CT molecular complexity index is 1950. The van der Waals surface area contributed by atoms with E-state index in [1.807, 2.05) is 91.0 Å². The zero-order valence-corrected chi connectivity index (χ0v) is 23.5. The number of nitrogens with zero attached hydrogens (tertiary/aromatic N) is 2. The van der Waals surface area contributed by atoms with Gasteiger partial charge in [0.15, 0.2) is 6.61 Å². The Hall–Kier alpha value is -5.76. The lowest BCUT2D eigenvalue weighted by molar-refractivity contribution is -0.119. The minimum atomic E-state index is -0.636. The molecule has 0 fully saturated rings. The van der Waals surface area contributed by atoms with Gasteiger partial charge in [0.25, 0.3) is 5.91 Å². The lowest BCUT2D eigenvalue weighted by atomic mass is 10.0. The molecule has 6 aromatic rings. The molecule has 8 heteroatoms. The lowest BCUT2D eigenvalue weighted by Crippen LogP contribution is -2.20. The first-order valence-corrected chi connectivity index (χ1v) is 13.6. The standard InChI is InChI=1S/C35H27N3O5/c1-41-28-14-8-23(9-15-28)33-34(24-10-16-29(42-2)17-11-24)38-31-20-26(12-18-30(31)37-33)35(40)43-21-32(39)36-27-13-7-22-5-3-4-6-25(22)19-27/h3-20H,21H2,1-2H3,(H,36,39). The number of hydrogen-bond donors (Lipinski definition) is 1. The SMILES string of the molecule is COc1ccc(-c2nc3ccc(C(=O)OCC(=O)Nc4ccc5ccccc5c4)cc3nc2-c2ccc(OC)cc2)cc1. The van der Waals surface area contributed by atoms with E-state index in [4.69, 9.17) is 24.2 Å². The number of aromatic nitrogens is 2. The van der Waals surface area contributed by atoms with Gasteiger partial charge in [-0.25, -0.2) is 14.8 Å². The molecule has 43 heavy (non-hydrogen) atoms. The van der Waals surface area contributed by atoms with Crippen molar-refractivity contribution in [3.05, 3.63) is 115 Å². The third kappa shape index (κ3) is 5.99. The van der Waals surface area contributed by atoms with Gasteiger partial charge in [-0.3, -0.25) is 4.79 Å². The van der Waals surface area contributed by atoms with Crippen LogP contribution in [0.3, 0.4) is 0 Å². The van der Waals surface area contributed by atoms with Gasteiger partial charge < -0.3 is 19.5 Å². The molecule has 0 aliphatic rings. The molecule has 1 amide bonds. The Balaban J connectivity index is 1.25. The van der Waals surface area contributed by atoms with Gasteiger partial charge in [-0.05, 0) is 89.6 Å². The number of esters is 1. The lowest BCUT2D eigenvalue weighted by Gasteiger charge is -2.12. The molecule has 0 spiro atoms. The summed E-state index contributed by atoms with van der Waals surface area (Å²) in [6.45, 7) is -0.428. The number of nitrogens with one attached hydrogen (secondary N) is 1. The Morgan fingerprint density at radius 1 is 0.651 bits per heavy atom. The van der Waals surface area contributed by atoms with Crippen molar-refractivity contribution in [2.75, 3.05) is 26.1 Å². The van der Waals surface area contributed by atoms with Gasteiger partial charge in [-0.15, -0.1) is 0 Å². The van der Waals surface area contributed by atoms with Crippen molar-refractivity contribution < 1.29 is 23.8 Å². The summed E-state index contributed by atoms with van der Waals surface area (Å²) in [5.41, 5.74) is 5.02. The van der Waals surface area contributed by atoms with E-state index in [1.54, 1.807) is 32.4 Å². The summed E-state index contributed by atoms with van der Waals surface area (Å²) in [7, 11) is 3.23. The molecule has 0 saturated carbocycles. The van der Waals surface area contributed by atoms with E-state index in [-0.39, 0.29) is 5.56 Å². The third-order valence-corrected chi connectivity index (χ3v) is 6.99. The Kier molecular flexibility index (Phi) is 7.65. The second-order valence-corrected chi connectivity index (χ2v) is 9.77. The molecule has 0 atom stereocenters. The maximum Gasteiger partial charge on any atom is 0.338 e. The van der Waals surface area contributed by atoms with E-state index in [1.165, 1.54) is 0 Å². The molecule has 0 unspecified atom stereocenters. The Morgan fingerprint density at radius 3 is 1.88 bits per heavy atom. The maximum absolute atomic E-state index is 12.9. The fourth-order valence-corrected chi connectivity index (χ4v) is 4.76. The number of anilines is 1. The van der Waals surface area contributed by atoms with E-state index in [2.05, 4.69) is 5.32 Å². The predicted molar refractivity (Wildman–Crippen MR) is 166 cm³/mol. The number of amides is 1. The zero-order valence-electron chi connectivity index (χ0n) is 23.5. The molecule has 1 aromatic heterocycles. The highest BCUT2D eigenvalue weighted by Gasteiger charge is 2.17. The van der Waals surface area contributed by atoms with Crippen LogP contribution in [0.25, 0.3) is 44.3 Å². The van der Waals surface area contributed by atoms with Crippen LogP contribution in [0, 0.1) is 0 Å². The summed E-state index contributed by atoms with van der Waals surface area (Å²) < 4.78 is 16.0. The van der Waals surface area contributed by atoms with Crippen LogP contribution in [-0.4, -0.2) is 42.7 Å². The van der Waals surface area contributed by atoms with Crippen molar-refractivity contribution >= 4 is 39.4 Å². The van der Waals surface area contributed by atoms with Crippen LogP contribution < -0.4 is 14.8 Å². The van der Waals surface area contributed by atoms with E-state index >= 15 is 0 Å². The number of carbonyl (C=O) groups is 2. The number of methoxy groups -OCH3 is 2. The summed E-state index contributed by atoms with van der Waals surface area (Å²) in [4.78, 5) is 35.3. The topological polar surface area (TPSA) is 99.6 Å². The van der Waals surface area contributed by atoms with Crippen LogP contribution in [0.4, 0.5) is 5.69 Å². The average molecular weight is 570 g/mol. The largest absolute Gasteiger partial charge is 0.497 e.